The van der Waals surface area contributed by atoms with Gasteiger partial charge in [-0.2, -0.15) is 0 Å². The lowest BCUT2D eigenvalue weighted by Gasteiger charge is -2.00. The predicted molar refractivity (Wildman–Crippen MR) is 49.8 cm³/mol. The fourth-order valence-corrected chi connectivity index (χ4v) is 1.66. The molecule has 3 nitrogen and oxygen atoms in total. The molecule has 0 heterocycles. The maximum absolute atomic E-state index is 10.8. The highest BCUT2D eigenvalue weighted by Gasteiger charge is 2.08. The van der Waals surface area contributed by atoms with Crippen LogP contribution in [0.2, 0.25) is 0 Å². The zero-order valence-corrected chi connectivity index (χ0v) is 8.15. The number of primary sulfonamides is 1. The van der Waals surface area contributed by atoms with Crippen LogP contribution in [0, 0.1) is 6.92 Å². The van der Waals surface area contributed by atoms with Gasteiger partial charge in [-0.1, -0.05) is 18.2 Å². The third kappa shape index (κ3) is 2.48. The van der Waals surface area contributed by atoms with Crippen molar-refractivity contribution < 1.29 is 8.42 Å². The van der Waals surface area contributed by atoms with E-state index in [-0.39, 0.29) is 17.3 Å². The molecule has 5 heteroatoms. The SMILES string of the molecule is Cc1ccccc1S(N)(=O)=O.Cl. The van der Waals surface area contributed by atoms with Crippen molar-refractivity contribution in [1.82, 2.24) is 0 Å². The van der Waals surface area contributed by atoms with Crippen molar-refractivity contribution in [2.45, 2.75) is 11.8 Å². The first-order valence-electron chi connectivity index (χ1n) is 3.10. The molecule has 0 saturated heterocycles. The van der Waals surface area contributed by atoms with Crippen molar-refractivity contribution in [2.24, 2.45) is 5.14 Å². The van der Waals surface area contributed by atoms with Gasteiger partial charge in [-0.15, -0.1) is 12.4 Å². The number of hydrogen-bond donors (Lipinski definition) is 1. The van der Waals surface area contributed by atoms with Crippen LogP contribution in [0.3, 0.4) is 0 Å². The number of hydrogen-bond acceptors (Lipinski definition) is 2. The van der Waals surface area contributed by atoms with Crippen LogP contribution in [0.15, 0.2) is 29.2 Å². The molecule has 2 N–H and O–H groups in total. The Hall–Kier alpha value is -0.580. The van der Waals surface area contributed by atoms with Crippen LogP contribution in [-0.2, 0) is 10.0 Å². The van der Waals surface area contributed by atoms with E-state index < -0.39 is 10.0 Å². The van der Waals surface area contributed by atoms with Crippen molar-refractivity contribution >= 4 is 22.4 Å². The molecule has 0 spiro atoms. The monoisotopic (exact) mass is 207 g/mol. The van der Waals surface area contributed by atoms with Crippen molar-refractivity contribution in [3.05, 3.63) is 29.8 Å². The molecule has 0 unspecified atom stereocenters. The minimum absolute atomic E-state index is 0. The summed E-state index contributed by atoms with van der Waals surface area (Å²) in [5.74, 6) is 0. The Morgan fingerprint density at radius 3 is 2.08 bits per heavy atom. The van der Waals surface area contributed by atoms with Gasteiger partial charge >= 0.3 is 0 Å². The summed E-state index contributed by atoms with van der Waals surface area (Å²) in [6, 6.07) is 6.61. The normalized spacial score (nSPS) is 10.5. The average molecular weight is 208 g/mol. The summed E-state index contributed by atoms with van der Waals surface area (Å²) in [7, 11) is -3.53. The van der Waals surface area contributed by atoms with E-state index in [9.17, 15) is 8.42 Å². The summed E-state index contributed by atoms with van der Waals surface area (Å²) >= 11 is 0. The van der Waals surface area contributed by atoms with E-state index in [1.165, 1.54) is 6.07 Å². The molecule has 12 heavy (non-hydrogen) atoms. The van der Waals surface area contributed by atoms with Gasteiger partial charge in [0.05, 0.1) is 4.90 Å². The van der Waals surface area contributed by atoms with E-state index in [4.69, 9.17) is 5.14 Å². The molecule has 0 bridgehead atoms. The van der Waals surface area contributed by atoms with Crippen molar-refractivity contribution in [3.63, 3.8) is 0 Å². The zero-order valence-electron chi connectivity index (χ0n) is 6.52. The van der Waals surface area contributed by atoms with Gasteiger partial charge in [-0.05, 0) is 18.6 Å². The Kier molecular flexibility index (Phi) is 3.70. The third-order valence-corrected chi connectivity index (χ3v) is 2.47. The summed E-state index contributed by atoms with van der Waals surface area (Å²) in [5.41, 5.74) is 0.676. The van der Waals surface area contributed by atoms with Crippen molar-refractivity contribution in [2.75, 3.05) is 0 Å². The van der Waals surface area contributed by atoms with Crippen LogP contribution in [0.5, 0.6) is 0 Å². The highest BCUT2D eigenvalue weighted by molar-refractivity contribution is 7.89. The van der Waals surface area contributed by atoms with E-state index in [0.29, 0.717) is 5.56 Å². The molecule has 0 aliphatic heterocycles. The second kappa shape index (κ2) is 3.89. The Bertz CT molecular complexity index is 361. The molecular weight excluding hydrogens is 198 g/mol. The van der Waals surface area contributed by atoms with Crippen LogP contribution >= 0.6 is 12.4 Å². The lowest BCUT2D eigenvalue weighted by molar-refractivity contribution is 0.597. The van der Waals surface area contributed by atoms with Gasteiger partial charge in [0, 0.05) is 0 Å². The minimum atomic E-state index is -3.53. The summed E-state index contributed by atoms with van der Waals surface area (Å²) in [6.07, 6.45) is 0. The molecule has 1 aromatic rings. The predicted octanol–water partition coefficient (Wildman–Crippen LogP) is 1.06. The molecule has 0 aliphatic carbocycles. The van der Waals surface area contributed by atoms with Gasteiger partial charge in [0.25, 0.3) is 0 Å². The summed E-state index contributed by atoms with van der Waals surface area (Å²) in [6.45, 7) is 1.71. The molecule has 0 amide bonds. The smallest absolute Gasteiger partial charge is 0.225 e. The van der Waals surface area contributed by atoms with E-state index in [1.807, 2.05) is 0 Å². The topological polar surface area (TPSA) is 60.2 Å². The molecule has 1 rings (SSSR count). The fourth-order valence-electron chi connectivity index (χ4n) is 0.876. The first-order chi connectivity index (χ1) is 5.02. The lowest BCUT2D eigenvalue weighted by atomic mass is 10.2. The Labute approximate surface area is 78.1 Å². The molecule has 0 aromatic heterocycles. The van der Waals surface area contributed by atoms with Gasteiger partial charge in [0.15, 0.2) is 0 Å². The molecule has 0 fully saturated rings. The van der Waals surface area contributed by atoms with Crippen LogP contribution in [0.4, 0.5) is 0 Å². The fraction of sp³-hybridized carbons (Fsp3) is 0.143. The minimum Gasteiger partial charge on any atom is -0.225 e. The Morgan fingerprint density at radius 2 is 1.75 bits per heavy atom. The van der Waals surface area contributed by atoms with Gasteiger partial charge < -0.3 is 0 Å². The maximum atomic E-state index is 10.8. The summed E-state index contributed by atoms with van der Waals surface area (Å²) in [4.78, 5) is 0.194. The van der Waals surface area contributed by atoms with Crippen LogP contribution in [-0.4, -0.2) is 8.42 Å². The Morgan fingerprint density at radius 1 is 1.25 bits per heavy atom. The quantitative estimate of drug-likeness (QED) is 0.749. The lowest BCUT2D eigenvalue weighted by Crippen LogP contribution is -2.13. The number of aryl methyl sites for hydroxylation is 1. The van der Waals surface area contributed by atoms with Gasteiger partial charge in [0.1, 0.15) is 0 Å². The number of sulfonamides is 1. The van der Waals surface area contributed by atoms with Crippen molar-refractivity contribution in [3.8, 4) is 0 Å². The van der Waals surface area contributed by atoms with E-state index in [0.717, 1.165) is 0 Å². The standard InChI is InChI=1S/C7H9NO2S.ClH/c1-6-4-2-3-5-7(6)11(8,9)10;/h2-5H,1H3,(H2,8,9,10);1H. The molecule has 1 aromatic carbocycles. The largest absolute Gasteiger partial charge is 0.238 e. The summed E-state index contributed by atoms with van der Waals surface area (Å²) < 4.78 is 21.7. The van der Waals surface area contributed by atoms with Crippen LogP contribution in [0.25, 0.3) is 0 Å². The van der Waals surface area contributed by atoms with Gasteiger partial charge in [-0.3, -0.25) is 0 Å². The second-order valence-corrected chi connectivity index (χ2v) is 3.84. The highest BCUT2D eigenvalue weighted by atomic mass is 35.5. The Balaban J connectivity index is 0.00000121. The molecule has 0 atom stereocenters. The van der Waals surface area contributed by atoms with E-state index >= 15 is 0 Å². The number of halogens is 1. The number of rotatable bonds is 1. The molecular formula is C7H10ClNO2S. The zero-order chi connectivity index (χ0) is 8.48. The molecule has 0 aliphatic rings. The van der Waals surface area contributed by atoms with Crippen LogP contribution in [0.1, 0.15) is 5.56 Å². The van der Waals surface area contributed by atoms with Gasteiger partial charge in [0.2, 0.25) is 10.0 Å². The first-order valence-corrected chi connectivity index (χ1v) is 4.65. The molecule has 0 saturated carbocycles. The number of nitrogens with two attached hydrogens (primary N) is 1. The van der Waals surface area contributed by atoms with Gasteiger partial charge in [-0.25, -0.2) is 13.6 Å². The maximum Gasteiger partial charge on any atom is 0.238 e. The summed E-state index contributed by atoms with van der Waals surface area (Å²) in [5, 5.41) is 4.93. The third-order valence-electron chi connectivity index (χ3n) is 1.40. The number of benzene rings is 1. The average Bonchev–Trinajstić information content (AvgIpc) is 1.86. The molecule has 0 radical (unpaired) electrons. The van der Waals surface area contributed by atoms with E-state index in [2.05, 4.69) is 0 Å². The van der Waals surface area contributed by atoms with E-state index in [1.54, 1.807) is 25.1 Å². The van der Waals surface area contributed by atoms with Crippen LogP contribution < -0.4 is 5.14 Å². The second-order valence-electron chi connectivity index (χ2n) is 2.31. The van der Waals surface area contributed by atoms with Crippen molar-refractivity contribution in [1.29, 1.82) is 0 Å². The first kappa shape index (κ1) is 11.4. The highest BCUT2D eigenvalue weighted by Crippen LogP contribution is 2.10. The molecule has 68 valence electrons.